The number of carbonyl (C=O) groups is 1. The van der Waals surface area contributed by atoms with Crippen LogP contribution in [0.15, 0.2) is 24.3 Å². The third kappa shape index (κ3) is 4.55. The molecule has 1 aromatic carbocycles. The van der Waals surface area contributed by atoms with Crippen molar-refractivity contribution in [2.24, 2.45) is 11.1 Å². The van der Waals surface area contributed by atoms with Crippen LogP contribution in [0.5, 0.6) is 0 Å². The van der Waals surface area contributed by atoms with E-state index in [1.165, 1.54) is 18.1 Å². The molecule has 0 fully saturated rings. The Kier molecular flexibility index (Phi) is 6.01. The van der Waals surface area contributed by atoms with Crippen molar-refractivity contribution < 1.29 is 13.2 Å². The lowest BCUT2D eigenvalue weighted by molar-refractivity contribution is -0.120. The van der Waals surface area contributed by atoms with Crippen LogP contribution in [0.1, 0.15) is 31.9 Å². The van der Waals surface area contributed by atoms with Crippen molar-refractivity contribution in [2.75, 3.05) is 13.1 Å². The molecule has 1 aliphatic rings. The largest absolute Gasteiger partial charge is 0.353 e. The van der Waals surface area contributed by atoms with Gasteiger partial charge in [-0.25, -0.2) is 13.6 Å². The first-order valence-electron chi connectivity index (χ1n) is 8.30. The summed E-state index contributed by atoms with van der Waals surface area (Å²) in [5, 5.41) is 6.57. The Labute approximate surface area is 144 Å². The monoisotopic (exact) mass is 353 g/mol. The minimum absolute atomic E-state index is 0.148. The number of hydrogen-bond donors (Lipinski definition) is 2. The number of nitrogens with zero attached hydrogens (tertiary/aromatic N) is 1. The van der Waals surface area contributed by atoms with E-state index >= 15 is 0 Å². The Morgan fingerprint density at radius 3 is 2.46 bits per heavy atom. The first-order chi connectivity index (χ1) is 11.2. The Balaban J connectivity index is 2.02. The molecule has 0 saturated carbocycles. The Morgan fingerprint density at radius 2 is 1.88 bits per heavy atom. The second-order valence-corrected chi connectivity index (χ2v) is 8.66. The van der Waals surface area contributed by atoms with Crippen LogP contribution in [0.4, 0.5) is 0 Å². The third-order valence-electron chi connectivity index (χ3n) is 4.75. The average molecular weight is 353 g/mol. The zero-order valence-corrected chi connectivity index (χ0v) is 15.3. The SMILES string of the molecule is CC(C)C(CNC(=O)C(C)S(N)(=O)=O)N1CCc2ccccc2C1. The number of nitrogens with two attached hydrogens (primary N) is 1. The average Bonchev–Trinajstić information content (AvgIpc) is 2.52. The first kappa shape index (κ1) is 18.9. The maximum absolute atomic E-state index is 12.0. The highest BCUT2D eigenvalue weighted by Crippen LogP contribution is 2.22. The predicted octanol–water partition coefficient (Wildman–Crippen LogP) is 0.863. The summed E-state index contributed by atoms with van der Waals surface area (Å²) >= 11 is 0. The maximum atomic E-state index is 12.0. The van der Waals surface area contributed by atoms with Gasteiger partial charge in [-0.3, -0.25) is 9.69 Å². The summed E-state index contributed by atoms with van der Waals surface area (Å²) in [5.41, 5.74) is 2.70. The summed E-state index contributed by atoms with van der Waals surface area (Å²) < 4.78 is 22.6. The van der Waals surface area contributed by atoms with Crippen molar-refractivity contribution >= 4 is 15.9 Å². The minimum atomic E-state index is -3.86. The summed E-state index contributed by atoms with van der Waals surface area (Å²) in [7, 11) is -3.86. The number of nitrogens with one attached hydrogen (secondary N) is 1. The van der Waals surface area contributed by atoms with Crippen LogP contribution in [0.25, 0.3) is 0 Å². The molecule has 1 amide bonds. The van der Waals surface area contributed by atoms with E-state index in [1.54, 1.807) is 0 Å². The van der Waals surface area contributed by atoms with Gasteiger partial charge < -0.3 is 5.32 Å². The van der Waals surface area contributed by atoms with Crippen molar-refractivity contribution in [2.45, 2.75) is 45.0 Å². The van der Waals surface area contributed by atoms with Crippen molar-refractivity contribution in [3.63, 3.8) is 0 Å². The number of amides is 1. The van der Waals surface area contributed by atoms with Gasteiger partial charge in [0.1, 0.15) is 0 Å². The minimum Gasteiger partial charge on any atom is -0.353 e. The van der Waals surface area contributed by atoms with Gasteiger partial charge in [0, 0.05) is 25.7 Å². The molecule has 0 spiro atoms. The topological polar surface area (TPSA) is 92.5 Å². The van der Waals surface area contributed by atoms with Gasteiger partial charge in [0.25, 0.3) is 0 Å². The number of rotatable bonds is 6. The van der Waals surface area contributed by atoms with Crippen LogP contribution in [-0.4, -0.2) is 43.6 Å². The summed E-state index contributed by atoms with van der Waals surface area (Å²) in [5.74, 6) is -0.207. The summed E-state index contributed by atoms with van der Waals surface area (Å²) in [6.07, 6.45) is 0.987. The lowest BCUT2D eigenvalue weighted by atomic mass is 9.95. The fourth-order valence-electron chi connectivity index (χ4n) is 3.09. The number of sulfonamides is 1. The van der Waals surface area contributed by atoms with E-state index in [0.29, 0.717) is 12.5 Å². The van der Waals surface area contributed by atoms with E-state index < -0.39 is 21.2 Å². The fraction of sp³-hybridized carbons (Fsp3) is 0.588. The second kappa shape index (κ2) is 7.63. The van der Waals surface area contributed by atoms with Crippen LogP contribution >= 0.6 is 0 Å². The van der Waals surface area contributed by atoms with Gasteiger partial charge in [-0.1, -0.05) is 38.1 Å². The molecule has 2 atom stereocenters. The van der Waals surface area contributed by atoms with Crippen LogP contribution in [0, 0.1) is 5.92 Å². The van der Waals surface area contributed by atoms with Gasteiger partial charge in [-0.05, 0) is 30.4 Å². The zero-order chi connectivity index (χ0) is 17.9. The highest BCUT2D eigenvalue weighted by atomic mass is 32.2. The molecule has 6 nitrogen and oxygen atoms in total. The van der Waals surface area contributed by atoms with E-state index in [2.05, 4.69) is 42.3 Å². The van der Waals surface area contributed by atoms with E-state index in [9.17, 15) is 13.2 Å². The molecule has 0 aromatic heterocycles. The molecule has 0 aliphatic carbocycles. The molecule has 1 aromatic rings. The number of carbonyl (C=O) groups excluding carboxylic acids is 1. The Bertz CT molecular complexity index is 688. The first-order valence-corrected chi connectivity index (χ1v) is 9.91. The predicted molar refractivity (Wildman–Crippen MR) is 94.8 cm³/mol. The van der Waals surface area contributed by atoms with E-state index in [4.69, 9.17) is 5.14 Å². The quantitative estimate of drug-likeness (QED) is 0.793. The van der Waals surface area contributed by atoms with Gasteiger partial charge in [0.2, 0.25) is 15.9 Å². The molecule has 0 saturated heterocycles. The second-order valence-electron chi connectivity index (χ2n) is 6.78. The lowest BCUT2D eigenvalue weighted by Gasteiger charge is -2.38. The van der Waals surface area contributed by atoms with Gasteiger partial charge >= 0.3 is 0 Å². The number of hydrogen-bond acceptors (Lipinski definition) is 4. The highest BCUT2D eigenvalue weighted by molar-refractivity contribution is 7.90. The maximum Gasteiger partial charge on any atom is 0.239 e. The van der Waals surface area contributed by atoms with Gasteiger partial charge in [-0.2, -0.15) is 0 Å². The van der Waals surface area contributed by atoms with Crippen molar-refractivity contribution in [3.05, 3.63) is 35.4 Å². The number of benzene rings is 1. The zero-order valence-electron chi connectivity index (χ0n) is 14.5. The summed E-state index contributed by atoms with van der Waals surface area (Å²) in [4.78, 5) is 14.4. The highest BCUT2D eigenvalue weighted by Gasteiger charge is 2.28. The number of fused-ring (bicyclic) bond motifs is 1. The fourth-order valence-corrected chi connectivity index (χ4v) is 3.47. The normalized spacial score (nSPS) is 18.0. The Hall–Kier alpha value is -1.44. The molecule has 2 unspecified atom stereocenters. The third-order valence-corrected chi connectivity index (χ3v) is 5.95. The lowest BCUT2D eigenvalue weighted by Crippen LogP contribution is -2.51. The molecule has 0 radical (unpaired) electrons. The van der Waals surface area contributed by atoms with Crippen LogP contribution in [0.2, 0.25) is 0 Å². The molecule has 2 rings (SSSR count). The number of primary sulfonamides is 1. The van der Waals surface area contributed by atoms with Gasteiger partial charge in [-0.15, -0.1) is 0 Å². The molecule has 0 bridgehead atoms. The van der Waals surface area contributed by atoms with Gasteiger partial charge in [0.15, 0.2) is 5.25 Å². The van der Waals surface area contributed by atoms with E-state index in [1.807, 2.05) is 6.07 Å². The molecular weight excluding hydrogens is 326 g/mol. The summed E-state index contributed by atoms with van der Waals surface area (Å²) in [6, 6.07) is 8.55. The molecule has 1 heterocycles. The molecular formula is C17H27N3O3S. The standard InChI is InChI=1S/C17H27N3O3S/c1-12(2)16(10-19-17(21)13(3)24(18,22)23)20-9-8-14-6-4-5-7-15(14)11-20/h4-7,12-13,16H,8-11H2,1-3H3,(H,19,21)(H2,18,22,23). The van der Waals surface area contributed by atoms with Crippen molar-refractivity contribution in [3.8, 4) is 0 Å². The molecule has 24 heavy (non-hydrogen) atoms. The molecule has 3 N–H and O–H groups in total. The molecule has 7 heteroatoms. The van der Waals surface area contributed by atoms with E-state index in [-0.39, 0.29) is 6.04 Å². The van der Waals surface area contributed by atoms with Crippen molar-refractivity contribution in [1.82, 2.24) is 10.2 Å². The van der Waals surface area contributed by atoms with Crippen LogP contribution in [0.3, 0.4) is 0 Å². The van der Waals surface area contributed by atoms with Crippen molar-refractivity contribution in [1.29, 1.82) is 0 Å². The summed E-state index contributed by atoms with van der Waals surface area (Å²) in [6.45, 7) is 7.73. The Morgan fingerprint density at radius 1 is 1.25 bits per heavy atom. The van der Waals surface area contributed by atoms with Gasteiger partial charge in [0.05, 0.1) is 0 Å². The van der Waals surface area contributed by atoms with Crippen LogP contribution < -0.4 is 10.5 Å². The van der Waals surface area contributed by atoms with Crippen LogP contribution in [-0.2, 0) is 27.8 Å². The molecule has 134 valence electrons. The molecule has 1 aliphatic heterocycles. The van der Waals surface area contributed by atoms with E-state index in [0.717, 1.165) is 19.5 Å². The smallest absolute Gasteiger partial charge is 0.239 e.